The predicted molar refractivity (Wildman–Crippen MR) is 56.8 cm³/mol. The van der Waals surface area contributed by atoms with Crippen molar-refractivity contribution in [2.45, 2.75) is 33.1 Å². The maximum absolute atomic E-state index is 11.7. The molecule has 1 aliphatic carbocycles. The first kappa shape index (κ1) is 10.0. The van der Waals surface area contributed by atoms with Crippen molar-refractivity contribution in [2.75, 3.05) is 13.6 Å². The van der Waals surface area contributed by atoms with E-state index in [1.807, 2.05) is 11.9 Å². The van der Waals surface area contributed by atoms with E-state index in [0.29, 0.717) is 17.7 Å². The number of rotatable bonds is 1. The molecule has 0 aromatic rings. The van der Waals surface area contributed by atoms with E-state index >= 15 is 0 Å². The standard InChI is InChI=1S/C12H21NO/c1-8(2)9-4-5-11-10(6-9)7-13(3)12(11)14/h8-11H,4-7H2,1-3H3. The Bertz CT molecular complexity index is 236. The van der Waals surface area contributed by atoms with Crippen LogP contribution in [0.15, 0.2) is 0 Å². The Labute approximate surface area is 86.7 Å². The van der Waals surface area contributed by atoms with Crippen LogP contribution in [0.5, 0.6) is 0 Å². The Balaban J connectivity index is 2.03. The number of likely N-dealkylation sites (tertiary alicyclic amines) is 1. The van der Waals surface area contributed by atoms with Crippen molar-refractivity contribution in [3.8, 4) is 0 Å². The lowest BCUT2D eigenvalue weighted by molar-refractivity contribution is -0.130. The molecule has 2 heteroatoms. The van der Waals surface area contributed by atoms with Crippen LogP contribution in [0.4, 0.5) is 0 Å². The van der Waals surface area contributed by atoms with Gasteiger partial charge < -0.3 is 4.90 Å². The van der Waals surface area contributed by atoms with Crippen molar-refractivity contribution < 1.29 is 4.79 Å². The van der Waals surface area contributed by atoms with Gasteiger partial charge in [0.15, 0.2) is 0 Å². The summed E-state index contributed by atoms with van der Waals surface area (Å²) in [7, 11) is 1.95. The lowest BCUT2D eigenvalue weighted by Crippen LogP contribution is -2.28. The summed E-state index contributed by atoms with van der Waals surface area (Å²) in [6.07, 6.45) is 3.67. The van der Waals surface area contributed by atoms with Gasteiger partial charge in [0, 0.05) is 19.5 Å². The Morgan fingerprint density at radius 2 is 2.07 bits per heavy atom. The fourth-order valence-electron chi connectivity index (χ4n) is 3.16. The second kappa shape index (κ2) is 3.56. The van der Waals surface area contributed by atoms with E-state index in [0.717, 1.165) is 24.8 Å². The van der Waals surface area contributed by atoms with Crippen LogP contribution in [-0.2, 0) is 4.79 Å². The molecular weight excluding hydrogens is 174 g/mol. The zero-order chi connectivity index (χ0) is 10.3. The molecule has 0 radical (unpaired) electrons. The van der Waals surface area contributed by atoms with Crippen LogP contribution in [-0.4, -0.2) is 24.4 Å². The molecule has 0 spiro atoms. The Morgan fingerprint density at radius 1 is 1.36 bits per heavy atom. The molecule has 3 unspecified atom stereocenters. The summed E-state index contributed by atoms with van der Waals surface area (Å²) < 4.78 is 0. The molecule has 2 fully saturated rings. The smallest absolute Gasteiger partial charge is 0.225 e. The number of hydrogen-bond donors (Lipinski definition) is 0. The average molecular weight is 195 g/mol. The first-order chi connectivity index (χ1) is 6.59. The van der Waals surface area contributed by atoms with Gasteiger partial charge in [0.05, 0.1) is 0 Å². The Morgan fingerprint density at radius 3 is 2.71 bits per heavy atom. The van der Waals surface area contributed by atoms with Crippen LogP contribution >= 0.6 is 0 Å². The molecule has 2 rings (SSSR count). The summed E-state index contributed by atoms with van der Waals surface area (Å²) in [5.41, 5.74) is 0. The second-order valence-electron chi connectivity index (χ2n) is 5.40. The van der Waals surface area contributed by atoms with Gasteiger partial charge in [0.25, 0.3) is 0 Å². The predicted octanol–water partition coefficient (Wildman–Crippen LogP) is 2.15. The number of amides is 1. The van der Waals surface area contributed by atoms with E-state index in [-0.39, 0.29) is 0 Å². The topological polar surface area (TPSA) is 20.3 Å². The fraction of sp³-hybridized carbons (Fsp3) is 0.917. The number of nitrogens with zero attached hydrogens (tertiary/aromatic N) is 1. The highest BCUT2D eigenvalue weighted by Crippen LogP contribution is 2.41. The molecule has 0 aromatic heterocycles. The minimum Gasteiger partial charge on any atom is -0.345 e. The number of carbonyl (C=O) groups excluding carboxylic acids is 1. The van der Waals surface area contributed by atoms with E-state index in [1.165, 1.54) is 12.8 Å². The fourth-order valence-corrected chi connectivity index (χ4v) is 3.16. The molecule has 2 nitrogen and oxygen atoms in total. The number of fused-ring (bicyclic) bond motifs is 1. The largest absolute Gasteiger partial charge is 0.345 e. The van der Waals surface area contributed by atoms with Gasteiger partial charge in [-0.3, -0.25) is 4.79 Å². The van der Waals surface area contributed by atoms with Gasteiger partial charge in [-0.1, -0.05) is 13.8 Å². The van der Waals surface area contributed by atoms with E-state index < -0.39 is 0 Å². The highest BCUT2D eigenvalue weighted by molar-refractivity contribution is 5.81. The first-order valence-corrected chi connectivity index (χ1v) is 5.84. The van der Waals surface area contributed by atoms with Gasteiger partial charge in [0.1, 0.15) is 0 Å². The van der Waals surface area contributed by atoms with Crippen molar-refractivity contribution in [2.24, 2.45) is 23.7 Å². The summed E-state index contributed by atoms with van der Waals surface area (Å²) in [5.74, 6) is 3.08. The number of hydrogen-bond acceptors (Lipinski definition) is 1. The van der Waals surface area contributed by atoms with Crippen LogP contribution in [0.1, 0.15) is 33.1 Å². The molecule has 1 saturated carbocycles. The molecular formula is C12H21NO. The Kier molecular flexibility index (Phi) is 2.54. The van der Waals surface area contributed by atoms with E-state index in [1.54, 1.807) is 0 Å². The molecule has 2 aliphatic rings. The SMILES string of the molecule is CC(C)C1CCC2C(=O)N(C)CC2C1. The molecule has 0 N–H and O–H groups in total. The van der Waals surface area contributed by atoms with Crippen LogP contribution in [0.25, 0.3) is 0 Å². The van der Waals surface area contributed by atoms with Gasteiger partial charge >= 0.3 is 0 Å². The molecule has 80 valence electrons. The zero-order valence-corrected chi connectivity index (χ0v) is 9.49. The van der Waals surface area contributed by atoms with Gasteiger partial charge in [-0.05, 0) is 37.0 Å². The number of carbonyl (C=O) groups is 1. The van der Waals surface area contributed by atoms with Crippen LogP contribution in [0, 0.1) is 23.7 Å². The van der Waals surface area contributed by atoms with Crippen molar-refractivity contribution in [3.63, 3.8) is 0 Å². The molecule has 0 aromatic carbocycles. The monoisotopic (exact) mass is 195 g/mol. The first-order valence-electron chi connectivity index (χ1n) is 5.84. The average Bonchev–Trinajstić information content (AvgIpc) is 2.42. The highest BCUT2D eigenvalue weighted by Gasteiger charge is 2.42. The molecule has 14 heavy (non-hydrogen) atoms. The van der Waals surface area contributed by atoms with E-state index in [9.17, 15) is 4.79 Å². The van der Waals surface area contributed by atoms with Gasteiger partial charge in [-0.25, -0.2) is 0 Å². The van der Waals surface area contributed by atoms with Crippen LogP contribution in [0.3, 0.4) is 0 Å². The summed E-state index contributed by atoms with van der Waals surface area (Å²) in [6, 6.07) is 0. The molecule has 0 bridgehead atoms. The summed E-state index contributed by atoms with van der Waals surface area (Å²) in [4.78, 5) is 13.7. The van der Waals surface area contributed by atoms with Crippen LogP contribution < -0.4 is 0 Å². The maximum atomic E-state index is 11.7. The van der Waals surface area contributed by atoms with Crippen molar-refractivity contribution in [1.29, 1.82) is 0 Å². The van der Waals surface area contributed by atoms with Crippen molar-refractivity contribution in [1.82, 2.24) is 4.90 Å². The minimum atomic E-state index is 0.370. The van der Waals surface area contributed by atoms with Crippen molar-refractivity contribution >= 4 is 5.91 Å². The maximum Gasteiger partial charge on any atom is 0.225 e. The van der Waals surface area contributed by atoms with Gasteiger partial charge in [-0.15, -0.1) is 0 Å². The normalized spacial score (nSPS) is 37.9. The lowest BCUT2D eigenvalue weighted by Gasteiger charge is -2.32. The highest BCUT2D eigenvalue weighted by atomic mass is 16.2. The summed E-state index contributed by atoms with van der Waals surface area (Å²) in [5, 5.41) is 0. The van der Waals surface area contributed by atoms with Gasteiger partial charge in [-0.2, -0.15) is 0 Å². The summed E-state index contributed by atoms with van der Waals surface area (Å²) >= 11 is 0. The lowest BCUT2D eigenvalue weighted by atomic mass is 9.72. The van der Waals surface area contributed by atoms with E-state index in [2.05, 4.69) is 13.8 Å². The summed E-state index contributed by atoms with van der Waals surface area (Å²) in [6.45, 7) is 5.63. The Hall–Kier alpha value is -0.530. The molecule has 3 atom stereocenters. The molecule has 1 heterocycles. The third-order valence-corrected chi connectivity index (χ3v) is 4.17. The third-order valence-electron chi connectivity index (χ3n) is 4.17. The van der Waals surface area contributed by atoms with Gasteiger partial charge in [0.2, 0.25) is 5.91 Å². The second-order valence-corrected chi connectivity index (χ2v) is 5.40. The van der Waals surface area contributed by atoms with E-state index in [4.69, 9.17) is 0 Å². The molecule has 1 aliphatic heterocycles. The molecule has 1 saturated heterocycles. The minimum absolute atomic E-state index is 0.370. The quantitative estimate of drug-likeness (QED) is 0.628. The van der Waals surface area contributed by atoms with Crippen LogP contribution in [0.2, 0.25) is 0 Å². The zero-order valence-electron chi connectivity index (χ0n) is 9.49. The third kappa shape index (κ3) is 1.55. The molecule has 1 amide bonds. The van der Waals surface area contributed by atoms with Crippen molar-refractivity contribution in [3.05, 3.63) is 0 Å².